The minimum atomic E-state index is -0.637. The normalized spacial score (nSPS) is 10.4. The first-order valence-corrected chi connectivity index (χ1v) is 5.91. The Morgan fingerprint density at radius 2 is 2.00 bits per heavy atom. The Labute approximate surface area is 110 Å². The van der Waals surface area contributed by atoms with Gasteiger partial charge in [0.25, 0.3) is 0 Å². The van der Waals surface area contributed by atoms with Crippen molar-refractivity contribution < 1.29 is 9.50 Å². The molecule has 0 spiro atoms. The first-order valence-electron chi connectivity index (χ1n) is 5.53. The summed E-state index contributed by atoms with van der Waals surface area (Å²) in [7, 11) is 0. The molecule has 0 saturated heterocycles. The van der Waals surface area contributed by atoms with E-state index < -0.39 is 5.82 Å². The van der Waals surface area contributed by atoms with Crippen LogP contribution < -0.4 is 5.32 Å². The smallest absolute Gasteiger partial charge is 0.166 e. The van der Waals surface area contributed by atoms with E-state index in [0.29, 0.717) is 17.3 Å². The fourth-order valence-corrected chi connectivity index (χ4v) is 1.77. The Bertz CT molecular complexity index is 520. The summed E-state index contributed by atoms with van der Waals surface area (Å²) in [5.41, 5.74) is 2.65. The second-order valence-corrected chi connectivity index (χ2v) is 4.51. The van der Waals surface area contributed by atoms with Gasteiger partial charge in [0.05, 0.1) is 0 Å². The highest BCUT2D eigenvalue weighted by atomic mass is 35.5. The zero-order valence-corrected chi connectivity index (χ0v) is 10.6. The summed E-state index contributed by atoms with van der Waals surface area (Å²) in [6, 6.07) is 9.97. The van der Waals surface area contributed by atoms with Gasteiger partial charge in [0.15, 0.2) is 11.6 Å². The van der Waals surface area contributed by atoms with E-state index in [9.17, 15) is 4.39 Å². The first-order chi connectivity index (χ1) is 8.56. The van der Waals surface area contributed by atoms with Gasteiger partial charge in [0, 0.05) is 23.3 Å². The standard InChI is InChI=1S/C14H13ClFNO/c1-9-2-3-10(6-12(9)15)8-17-11-4-5-14(18)13(16)7-11/h2-7,17-18H,8H2,1H3. The summed E-state index contributed by atoms with van der Waals surface area (Å²) in [4.78, 5) is 0. The quantitative estimate of drug-likeness (QED) is 0.819. The number of hydrogen-bond donors (Lipinski definition) is 2. The highest BCUT2D eigenvalue weighted by Gasteiger charge is 2.02. The maximum atomic E-state index is 13.1. The molecule has 4 heteroatoms. The molecule has 18 heavy (non-hydrogen) atoms. The molecule has 0 fully saturated rings. The maximum absolute atomic E-state index is 13.1. The van der Waals surface area contributed by atoms with E-state index in [2.05, 4.69) is 5.32 Å². The number of hydrogen-bond acceptors (Lipinski definition) is 2. The monoisotopic (exact) mass is 265 g/mol. The highest BCUT2D eigenvalue weighted by Crippen LogP contribution is 2.21. The molecule has 0 aliphatic rings. The van der Waals surface area contributed by atoms with Gasteiger partial charge in [-0.15, -0.1) is 0 Å². The van der Waals surface area contributed by atoms with Gasteiger partial charge in [-0.3, -0.25) is 0 Å². The number of phenolic OH excluding ortho intramolecular Hbond substituents is 1. The lowest BCUT2D eigenvalue weighted by Crippen LogP contribution is -1.99. The zero-order chi connectivity index (χ0) is 13.1. The second-order valence-electron chi connectivity index (χ2n) is 4.10. The molecular weight excluding hydrogens is 253 g/mol. The van der Waals surface area contributed by atoms with Crippen molar-refractivity contribution in [2.45, 2.75) is 13.5 Å². The number of benzene rings is 2. The maximum Gasteiger partial charge on any atom is 0.166 e. The van der Waals surface area contributed by atoms with Gasteiger partial charge < -0.3 is 10.4 Å². The molecule has 0 aromatic heterocycles. The lowest BCUT2D eigenvalue weighted by molar-refractivity contribution is 0.432. The highest BCUT2D eigenvalue weighted by molar-refractivity contribution is 6.31. The fourth-order valence-electron chi connectivity index (χ4n) is 1.57. The number of aromatic hydroxyl groups is 1. The fraction of sp³-hybridized carbons (Fsp3) is 0.143. The van der Waals surface area contributed by atoms with Gasteiger partial charge in [-0.05, 0) is 36.2 Å². The summed E-state index contributed by atoms with van der Waals surface area (Å²) in [6.07, 6.45) is 0. The molecule has 2 aromatic carbocycles. The minimum Gasteiger partial charge on any atom is -0.505 e. The molecule has 0 atom stereocenters. The van der Waals surface area contributed by atoms with E-state index in [4.69, 9.17) is 16.7 Å². The summed E-state index contributed by atoms with van der Waals surface area (Å²) in [5, 5.41) is 12.9. The average molecular weight is 266 g/mol. The SMILES string of the molecule is Cc1ccc(CNc2ccc(O)c(F)c2)cc1Cl. The lowest BCUT2D eigenvalue weighted by Gasteiger charge is -2.08. The van der Waals surface area contributed by atoms with Gasteiger partial charge in [-0.1, -0.05) is 23.7 Å². The molecule has 0 heterocycles. The van der Waals surface area contributed by atoms with Crippen LogP contribution in [0, 0.1) is 12.7 Å². The van der Waals surface area contributed by atoms with Crippen LogP contribution in [-0.2, 0) is 6.54 Å². The Morgan fingerprint density at radius 3 is 2.67 bits per heavy atom. The van der Waals surface area contributed by atoms with Crippen LogP contribution in [0.25, 0.3) is 0 Å². The number of phenols is 1. The lowest BCUT2D eigenvalue weighted by atomic mass is 10.1. The number of aryl methyl sites for hydroxylation is 1. The van der Waals surface area contributed by atoms with Gasteiger partial charge in [-0.2, -0.15) is 0 Å². The third-order valence-corrected chi connectivity index (χ3v) is 3.09. The van der Waals surface area contributed by atoms with Gasteiger partial charge in [-0.25, -0.2) is 4.39 Å². The van der Waals surface area contributed by atoms with Crippen molar-refractivity contribution in [1.82, 2.24) is 0 Å². The van der Waals surface area contributed by atoms with Crippen molar-refractivity contribution in [3.05, 3.63) is 58.4 Å². The van der Waals surface area contributed by atoms with E-state index >= 15 is 0 Å². The molecular formula is C14H13ClFNO. The Kier molecular flexibility index (Phi) is 3.72. The largest absolute Gasteiger partial charge is 0.505 e. The van der Waals surface area contributed by atoms with Gasteiger partial charge in [0.1, 0.15) is 0 Å². The molecule has 0 unspecified atom stereocenters. The van der Waals surface area contributed by atoms with Crippen molar-refractivity contribution in [3.63, 3.8) is 0 Å². The molecule has 0 aliphatic carbocycles. The molecule has 2 nitrogen and oxygen atoms in total. The second kappa shape index (κ2) is 5.27. The third kappa shape index (κ3) is 2.93. The molecule has 2 rings (SSSR count). The molecule has 94 valence electrons. The van der Waals surface area contributed by atoms with E-state index in [0.717, 1.165) is 11.1 Å². The summed E-state index contributed by atoms with van der Waals surface area (Å²) >= 11 is 6.02. The van der Waals surface area contributed by atoms with E-state index in [-0.39, 0.29) is 5.75 Å². The molecule has 0 aliphatic heterocycles. The third-order valence-electron chi connectivity index (χ3n) is 2.68. The summed E-state index contributed by atoms with van der Waals surface area (Å²) < 4.78 is 13.1. The van der Waals surface area contributed by atoms with E-state index in [1.807, 2.05) is 25.1 Å². The molecule has 0 saturated carbocycles. The van der Waals surface area contributed by atoms with Crippen LogP contribution >= 0.6 is 11.6 Å². The minimum absolute atomic E-state index is 0.348. The topological polar surface area (TPSA) is 32.3 Å². The molecule has 2 N–H and O–H groups in total. The zero-order valence-electron chi connectivity index (χ0n) is 9.87. The van der Waals surface area contributed by atoms with Crippen molar-refractivity contribution >= 4 is 17.3 Å². The van der Waals surface area contributed by atoms with Crippen LogP contribution in [-0.4, -0.2) is 5.11 Å². The Morgan fingerprint density at radius 1 is 1.22 bits per heavy atom. The van der Waals surface area contributed by atoms with Crippen LogP contribution in [0.15, 0.2) is 36.4 Å². The molecule has 0 radical (unpaired) electrons. The average Bonchev–Trinajstić information content (AvgIpc) is 2.35. The van der Waals surface area contributed by atoms with E-state index in [1.165, 1.54) is 12.1 Å². The number of halogens is 2. The predicted molar refractivity (Wildman–Crippen MR) is 71.6 cm³/mol. The van der Waals surface area contributed by atoms with Crippen LogP contribution in [0.3, 0.4) is 0 Å². The number of nitrogens with one attached hydrogen (secondary N) is 1. The van der Waals surface area contributed by atoms with Gasteiger partial charge >= 0.3 is 0 Å². The van der Waals surface area contributed by atoms with Crippen molar-refractivity contribution in [2.75, 3.05) is 5.32 Å². The summed E-state index contributed by atoms with van der Waals surface area (Å²) in [6.45, 7) is 2.49. The van der Waals surface area contributed by atoms with Crippen molar-refractivity contribution in [2.24, 2.45) is 0 Å². The van der Waals surface area contributed by atoms with Crippen LogP contribution in [0.5, 0.6) is 5.75 Å². The number of anilines is 1. The molecule has 0 amide bonds. The first kappa shape index (κ1) is 12.7. The van der Waals surface area contributed by atoms with Crippen LogP contribution in [0.2, 0.25) is 5.02 Å². The molecule has 2 aromatic rings. The van der Waals surface area contributed by atoms with Crippen LogP contribution in [0.1, 0.15) is 11.1 Å². The van der Waals surface area contributed by atoms with Crippen LogP contribution in [0.4, 0.5) is 10.1 Å². The Balaban J connectivity index is 2.06. The van der Waals surface area contributed by atoms with Crippen molar-refractivity contribution in [1.29, 1.82) is 0 Å². The number of rotatable bonds is 3. The molecule has 0 bridgehead atoms. The predicted octanol–water partition coefficient (Wildman–Crippen LogP) is 4.11. The van der Waals surface area contributed by atoms with Gasteiger partial charge in [0.2, 0.25) is 0 Å². The van der Waals surface area contributed by atoms with Crippen molar-refractivity contribution in [3.8, 4) is 5.75 Å². The summed E-state index contributed by atoms with van der Waals surface area (Å²) in [5.74, 6) is -0.985. The van der Waals surface area contributed by atoms with E-state index in [1.54, 1.807) is 6.07 Å². The Hall–Kier alpha value is -1.74.